The standard InChI is InChI=1S/C19H30N4O2/c1-6-22(18(4,5)8-15(3)25)17-7-14(2)23(20-17)16-9-19(10-16)11-21(12-19)13-24/h7,13,16H,6,8-12H2,1-5H3. The third-order valence-electron chi connectivity index (χ3n) is 5.82. The van der Waals surface area contributed by atoms with Crippen molar-refractivity contribution >= 4 is 18.0 Å². The summed E-state index contributed by atoms with van der Waals surface area (Å²) in [5, 5.41) is 4.89. The number of nitrogens with zero attached hydrogens (tertiary/aromatic N) is 4. The van der Waals surface area contributed by atoms with E-state index in [1.54, 1.807) is 6.92 Å². The van der Waals surface area contributed by atoms with Crippen LogP contribution in [-0.2, 0) is 9.59 Å². The molecule has 25 heavy (non-hydrogen) atoms. The average molecular weight is 346 g/mol. The number of ketones is 1. The highest BCUT2D eigenvalue weighted by Crippen LogP contribution is 2.54. The molecule has 1 amide bonds. The van der Waals surface area contributed by atoms with Crippen molar-refractivity contribution in [2.45, 2.75) is 65.5 Å². The highest BCUT2D eigenvalue weighted by atomic mass is 16.1. The summed E-state index contributed by atoms with van der Waals surface area (Å²) in [5.74, 6) is 1.15. The van der Waals surface area contributed by atoms with Gasteiger partial charge in [0.25, 0.3) is 0 Å². The Labute approximate surface area is 150 Å². The Hall–Kier alpha value is -1.85. The van der Waals surface area contributed by atoms with Crippen LogP contribution in [0.1, 0.15) is 58.7 Å². The number of carbonyl (C=O) groups is 2. The maximum absolute atomic E-state index is 11.6. The molecule has 0 radical (unpaired) electrons. The zero-order valence-electron chi connectivity index (χ0n) is 16.1. The molecule has 0 aromatic carbocycles. The normalized spacial score (nSPS) is 19.5. The van der Waals surface area contributed by atoms with Crippen LogP contribution in [0.4, 0.5) is 5.82 Å². The van der Waals surface area contributed by atoms with Gasteiger partial charge in [-0.05, 0) is 47.5 Å². The average Bonchev–Trinajstić information content (AvgIpc) is 2.76. The third kappa shape index (κ3) is 3.18. The minimum absolute atomic E-state index is 0.199. The summed E-state index contributed by atoms with van der Waals surface area (Å²) in [7, 11) is 0. The fraction of sp³-hybridized carbons (Fsp3) is 0.737. The van der Waals surface area contributed by atoms with Crippen LogP contribution in [0.15, 0.2) is 6.07 Å². The molecule has 2 heterocycles. The Morgan fingerprint density at radius 1 is 1.44 bits per heavy atom. The second-order valence-electron chi connectivity index (χ2n) is 8.60. The van der Waals surface area contributed by atoms with Crippen LogP contribution in [0.25, 0.3) is 0 Å². The van der Waals surface area contributed by atoms with Gasteiger partial charge in [-0.3, -0.25) is 14.3 Å². The lowest BCUT2D eigenvalue weighted by molar-refractivity contribution is -0.140. The zero-order chi connectivity index (χ0) is 18.4. The summed E-state index contributed by atoms with van der Waals surface area (Å²) in [6.45, 7) is 12.7. The monoisotopic (exact) mass is 346 g/mol. The van der Waals surface area contributed by atoms with Crippen molar-refractivity contribution in [3.8, 4) is 0 Å². The number of aromatic nitrogens is 2. The van der Waals surface area contributed by atoms with Gasteiger partial charge >= 0.3 is 0 Å². The maximum Gasteiger partial charge on any atom is 0.209 e. The van der Waals surface area contributed by atoms with Gasteiger partial charge in [-0.1, -0.05) is 0 Å². The van der Waals surface area contributed by atoms with Crippen LogP contribution in [0, 0.1) is 12.3 Å². The van der Waals surface area contributed by atoms with Crippen molar-refractivity contribution in [3.63, 3.8) is 0 Å². The molecule has 1 aromatic rings. The number of Topliss-reactive ketones (excluding diaryl/α,β-unsaturated/α-hetero) is 1. The van der Waals surface area contributed by atoms with Gasteiger partial charge in [0.1, 0.15) is 5.78 Å². The molecule has 2 fully saturated rings. The first kappa shape index (κ1) is 18.0. The third-order valence-corrected chi connectivity index (χ3v) is 5.82. The lowest BCUT2D eigenvalue weighted by Gasteiger charge is -2.58. The molecule has 3 rings (SSSR count). The summed E-state index contributed by atoms with van der Waals surface area (Å²) in [5.41, 5.74) is 1.26. The van der Waals surface area contributed by atoms with E-state index in [1.165, 1.54) is 5.69 Å². The highest BCUT2D eigenvalue weighted by Gasteiger charge is 2.53. The maximum atomic E-state index is 11.6. The summed E-state index contributed by atoms with van der Waals surface area (Å²) in [6, 6.07) is 2.56. The topological polar surface area (TPSA) is 58.4 Å². The predicted octanol–water partition coefficient (Wildman–Crippen LogP) is 2.57. The van der Waals surface area contributed by atoms with Gasteiger partial charge in [-0.25, -0.2) is 0 Å². The van der Waals surface area contributed by atoms with E-state index in [1.807, 2.05) is 4.90 Å². The van der Waals surface area contributed by atoms with Crippen LogP contribution < -0.4 is 4.90 Å². The van der Waals surface area contributed by atoms with Gasteiger partial charge in [-0.2, -0.15) is 5.10 Å². The van der Waals surface area contributed by atoms with E-state index in [9.17, 15) is 9.59 Å². The summed E-state index contributed by atoms with van der Waals surface area (Å²) >= 11 is 0. The van der Waals surface area contributed by atoms with Gasteiger partial charge in [0, 0.05) is 48.8 Å². The first-order chi connectivity index (χ1) is 11.7. The Balaban J connectivity index is 1.72. The number of likely N-dealkylation sites (tertiary alicyclic amines) is 1. The van der Waals surface area contributed by atoms with Crippen molar-refractivity contribution in [1.29, 1.82) is 0 Å². The molecule has 0 atom stereocenters. The number of anilines is 1. The predicted molar refractivity (Wildman–Crippen MR) is 97.7 cm³/mol. The Morgan fingerprint density at radius 2 is 2.08 bits per heavy atom. The molecule has 1 spiro atoms. The SMILES string of the molecule is CCN(c1cc(C)n(C2CC3(C2)CN(C=O)C3)n1)C(C)(C)CC(C)=O. The van der Waals surface area contributed by atoms with E-state index in [4.69, 9.17) is 5.10 Å². The van der Waals surface area contributed by atoms with Gasteiger partial charge in [0.2, 0.25) is 6.41 Å². The van der Waals surface area contributed by atoms with Crippen LogP contribution >= 0.6 is 0 Å². The summed E-state index contributed by atoms with van der Waals surface area (Å²) < 4.78 is 2.15. The molecule has 1 saturated heterocycles. The van der Waals surface area contributed by atoms with Gasteiger partial charge in [-0.15, -0.1) is 0 Å². The summed E-state index contributed by atoms with van der Waals surface area (Å²) in [6.07, 6.45) is 3.66. The smallest absolute Gasteiger partial charge is 0.209 e. The molecule has 1 aliphatic carbocycles. The Morgan fingerprint density at radius 3 is 2.60 bits per heavy atom. The number of rotatable bonds is 7. The molecule has 6 heteroatoms. The molecule has 1 aromatic heterocycles. The molecule has 2 aliphatic rings. The minimum Gasteiger partial charge on any atom is -0.350 e. The Bertz CT molecular complexity index is 665. The van der Waals surface area contributed by atoms with E-state index in [0.717, 1.165) is 44.7 Å². The molecule has 0 N–H and O–H groups in total. The van der Waals surface area contributed by atoms with Crippen molar-refractivity contribution in [2.75, 3.05) is 24.5 Å². The minimum atomic E-state index is -0.245. The quantitative estimate of drug-likeness (QED) is 0.712. The highest BCUT2D eigenvalue weighted by molar-refractivity contribution is 5.77. The van der Waals surface area contributed by atoms with Crippen LogP contribution in [0.2, 0.25) is 0 Å². The molecule has 6 nitrogen and oxygen atoms in total. The van der Waals surface area contributed by atoms with Crippen molar-refractivity contribution in [3.05, 3.63) is 11.8 Å². The van der Waals surface area contributed by atoms with E-state index in [2.05, 4.69) is 43.3 Å². The number of hydrogen-bond donors (Lipinski definition) is 0. The summed E-state index contributed by atoms with van der Waals surface area (Å²) in [4.78, 5) is 26.5. The number of amides is 1. The van der Waals surface area contributed by atoms with Crippen molar-refractivity contribution in [2.24, 2.45) is 5.41 Å². The molecule has 0 unspecified atom stereocenters. The molecular weight excluding hydrogens is 316 g/mol. The van der Waals surface area contributed by atoms with Gasteiger partial charge < -0.3 is 9.80 Å². The van der Waals surface area contributed by atoms with Crippen molar-refractivity contribution < 1.29 is 9.59 Å². The van der Waals surface area contributed by atoms with E-state index >= 15 is 0 Å². The largest absolute Gasteiger partial charge is 0.350 e. The van der Waals surface area contributed by atoms with E-state index in [0.29, 0.717) is 17.9 Å². The number of hydrogen-bond acceptors (Lipinski definition) is 4. The first-order valence-corrected chi connectivity index (χ1v) is 9.22. The van der Waals surface area contributed by atoms with Crippen LogP contribution in [0.3, 0.4) is 0 Å². The fourth-order valence-electron chi connectivity index (χ4n) is 4.84. The second-order valence-corrected chi connectivity index (χ2v) is 8.60. The first-order valence-electron chi connectivity index (χ1n) is 9.22. The molecule has 138 valence electrons. The van der Waals surface area contributed by atoms with Crippen molar-refractivity contribution in [1.82, 2.24) is 14.7 Å². The zero-order valence-corrected chi connectivity index (χ0v) is 16.1. The van der Waals surface area contributed by atoms with Crippen LogP contribution in [-0.4, -0.2) is 52.0 Å². The van der Waals surface area contributed by atoms with Crippen LogP contribution in [0.5, 0.6) is 0 Å². The molecule has 1 aliphatic heterocycles. The number of aryl methyl sites for hydroxylation is 1. The fourth-order valence-corrected chi connectivity index (χ4v) is 4.84. The second kappa shape index (κ2) is 6.15. The van der Waals surface area contributed by atoms with Gasteiger partial charge in [0.15, 0.2) is 5.82 Å². The lowest BCUT2D eigenvalue weighted by atomic mass is 9.61. The lowest BCUT2D eigenvalue weighted by Crippen LogP contribution is -2.61. The number of carbonyl (C=O) groups excluding carboxylic acids is 2. The molecule has 0 bridgehead atoms. The van der Waals surface area contributed by atoms with E-state index < -0.39 is 0 Å². The van der Waals surface area contributed by atoms with Gasteiger partial charge in [0.05, 0.1) is 6.04 Å². The molecule has 1 saturated carbocycles. The van der Waals surface area contributed by atoms with E-state index in [-0.39, 0.29) is 11.3 Å². The Kier molecular flexibility index (Phi) is 4.41. The molecular formula is C19H30N4O2.